The number of alkyl halides is 3. The first-order valence-electron chi connectivity index (χ1n) is 7.54. The molecule has 2 aromatic carbocycles. The molecule has 17 heteroatoms. The van der Waals surface area contributed by atoms with Gasteiger partial charge in [0.2, 0.25) is 19.8 Å². The van der Waals surface area contributed by atoms with Crippen molar-refractivity contribution in [2.24, 2.45) is 3.77 Å². The number of hydrogen-bond donors (Lipinski definition) is 1. The summed E-state index contributed by atoms with van der Waals surface area (Å²) in [6.45, 7) is 3.36. The van der Waals surface area contributed by atoms with Crippen LogP contribution in [0.15, 0.2) is 49.3 Å². The zero-order chi connectivity index (χ0) is 24.9. The second kappa shape index (κ2) is 8.13. The van der Waals surface area contributed by atoms with Crippen molar-refractivity contribution in [2.45, 2.75) is 20.2 Å². The molecule has 0 saturated heterocycles. The molecule has 176 valence electrons. The van der Waals surface area contributed by atoms with Crippen LogP contribution in [0.5, 0.6) is 0 Å². The van der Waals surface area contributed by atoms with E-state index in [1.807, 2.05) is 0 Å². The predicted octanol–water partition coefficient (Wildman–Crippen LogP) is 3.87. The fourth-order valence-electron chi connectivity index (χ4n) is 2.17. The molecule has 0 spiro atoms. The van der Waals surface area contributed by atoms with Crippen molar-refractivity contribution < 1.29 is 56.3 Å². The second-order valence-corrected chi connectivity index (χ2v) is 11.0. The van der Waals surface area contributed by atoms with Crippen LogP contribution in [-0.2, 0) is 29.9 Å². The highest BCUT2D eigenvalue weighted by atomic mass is 32.3. The molecular formula is C15H8F7NO6S3. The zero-order valence-electron chi connectivity index (χ0n) is 14.9. The van der Waals surface area contributed by atoms with E-state index >= 15 is 0 Å². The fraction of sp³-hybridized carbons (Fsp3) is 0.0667. The van der Waals surface area contributed by atoms with Gasteiger partial charge in [-0.15, -0.1) is 0 Å². The van der Waals surface area contributed by atoms with Crippen LogP contribution in [0.4, 0.5) is 30.7 Å². The average Bonchev–Trinajstić information content (AvgIpc) is 2.64. The van der Waals surface area contributed by atoms with Gasteiger partial charge in [0.05, 0.1) is 4.90 Å². The van der Waals surface area contributed by atoms with Gasteiger partial charge in [-0.25, -0.2) is 30.2 Å². The van der Waals surface area contributed by atoms with Crippen molar-refractivity contribution >= 4 is 35.9 Å². The summed E-state index contributed by atoms with van der Waals surface area (Å²) in [6.07, 6.45) is 1.25. The summed E-state index contributed by atoms with van der Waals surface area (Å²) in [5.74, 6) is -11.5. The van der Waals surface area contributed by atoms with Crippen LogP contribution >= 0.6 is 0 Å². The molecule has 0 fully saturated rings. The van der Waals surface area contributed by atoms with Gasteiger partial charge < -0.3 is 0 Å². The molecule has 0 aliphatic carbocycles. The van der Waals surface area contributed by atoms with Gasteiger partial charge >= 0.3 is 15.5 Å². The SMILES string of the molecule is C=Cc1ccc(S(=O)(=O)c2c(F)c(F)c(S(=O)(O)=NS(=O)(=O)C(F)(F)F)c(F)c2F)cc1. The van der Waals surface area contributed by atoms with E-state index in [1.165, 1.54) is 9.84 Å². The zero-order valence-corrected chi connectivity index (χ0v) is 17.3. The van der Waals surface area contributed by atoms with E-state index in [4.69, 9.17) is 0 Å². The van der Waals surface area contributed by atoms with E-state index in [1.54, 1.807) is 0 Å². The first-order valence-corrected chi connectivity index (χ1v) is 11.9. The quantitative estimate of drug-likeness (QED) is 0.466. The summed E-state index contributed by atoms with van der Waals surface area (Å²) in [5, 5.41) is 0. The fourth-order valence-corrected chi connectivity index (χ4v) is 5.90. The lowest BCUT2D eigenvalue weighted by Crippen LogP contribution is -2.23. The van der Waals surface area contributed by atoms with Gasteiger partial charge in [-0.3, -0.25) is 4.55 Å². The lowest BCUT2D eigenvalue weighted by molar-refractivity contribution is -0.0435. The normalized spacial score (nSPS) is 14.6. The summed E-state index contributed by atoms with van der Waals surface area (Å²) in [4.78, 5) is -5.93. The predicted molar refractivity (Wildman–Crippen MR) is 94.7 cm³/mol. The first-order chi connectivity index (χ1) is 14.4. The molecule has 1 N–H and O–H groups in total. The molecule has 0 aliphatic rings. The molecular weight excluding hydrogens is 519 g/mol. The van der Waals surface area contributed by atoms with E-state index in [9.17, 15) is 56.3 Å². The standard InChI is InChI=1S/C15H8F7NO6S3/c1-2-7-3-5-8(6-4-7)30(24,25)13-9(16)11(18)14(12(19)10(13)17)31(26,27)23-32(28,29)15(20,21)22/h2-6H,1H2,(H,23,26,27). The van der Waals surface area contributed by atoms with Crippen LogP contribution in [-0.4, -0.2) is 31.1 Å². The minimum atomic E-state index is -6.86. The lowest BCUT2D eigenvalue weighted by atomic mass is 10.2. The molecule has 0 aliphatic heterocycles. The van der Waals surface area contributed by atoms with Crippen LogP contribution in [0.2, 0.25) is 0 Å². The highest BCUT2D eigenvalue weighted by Crippen LogP contribution is 2.35. The third-order valence-electron chi connectivity index (χ3n) is 3.64. The number of sulfonamides is 1. The van der Waals surface area contributed by atoms with E-state index in [-0.39, 0.29) is 0 Å². The molecule has 0 saturated carbocycles. The summed E-state index contributed by atoms with van der Waals surface area (Å²) in [6, 6.07) is 3.74. The highest BCUT2D eigenvalue weighted by Gasteiger charge is 2.48. The Balaban J connectivity index is 2.88. The van der Waals surface area contributed by atoms with Crippen molar-refractivity contribution in [2.75, 3.05) is 0 Å². The van der Waals surface area contributed by atoms with Crippen LogP contribution < -0.4 is 0 Å². The van der Waals surface area contributed by atoms with E-state index in [0.717, 1.165) is 24.3 Å². The topological polar surface area (TPSA) is 118 Å². The second-order valence-electron chi connectivity index (χ2n) is 5.68. The van der Waals surface area contributed by atoms with Gasteiger partial charge in [-0.2, -0.15) is 21.6 Å². The smallest absolute Gasteiger partial charge is 0.296 e. The van der Waals surface area contributed by atoms with E-state index < -0.39 is 73.3 Å². The molecule has 0 bridgehead atoms. The van der Waals surface area contributed by atoms with Crippen LogP contribution in [0.25, 0.3) is 6.08 Å². The Morgan fingerprint density at radius 1 is 0.812 bits per heavy atom. The Morgan fingerprint density at radius 3 is 1.59 bits per heavy atom. The van der Waals surface area contributed by atoms with Crippen LogP contribution in [0.1, 0.15) is 5.56 Å². The van der Waals surface area contributed by atoms with Crippen molar-refractivity contribution in [1.29, 1.82) is 0 Å². The number of hydrogen-bond acceptors (Lipinski definition) is 5. The molecule has 1 unspecified atom stereocenters. The van der Waals surface area contributed by atoms with Crippen molar-refractivity contribution in [3.05, 3.63) is 59.7 Å². The maximum absolute atomic E-state index is 14.4. The average molecular weight is 527 g/mol. The third kappa shape index (κ3) is 4.37. The van der Waals surface area contributed by atoms with Gasteiger partial charge in [0.25, 0.3) is 0 Å². The minimum absolute atomic E-state index is 0.338. The number of nitrogens with zero attached hydrogens (tertiary/aromatic N) is 1. The molecule has 0 aromatic heterocycles. The van der Waals surface area contributed by atoms with Gasteiger partial charge in [-0.1, -0.05) is 28.6 Å². The molecule has 7 nitrogen and oxygen atoms in total. The van der Waals surface area contributed by atoms with Crippen molar-refractivity contribution in [3.8, 4) is 0 Å². The van der Waals surface area contributed by atoms with Crippen LogP contribution in [0.3, 0.4) is 0 Å². The van der Waals surface area contributed by atoms with Gasteiger partial charge in [0, 0.05) is 0 Å². The Labute approximate surface area is 176 Å². The number of benzene rings is 2. The number of rotatable bonds is 5. The van der Waals surface area contributed by atoms with E-state index in [0.29, 0.717) is 5.56 Å². The maximum atomic E-state index is 14.4. The summed E-state index contributed by atoms with van der Waals surface area (Å²) in [5.41, 5.74) is -5.96. The van der Waals surface area contributed by atoms with Gasteiger partial charge in [0.15, 0.2) is 28.2 Å². The summed E-state index contributed by atoms with van der Waals surface area (Å²) >= 11 is 0. The van der Waals surface area contributed by atoms with Gasteiger partial charge in [-0.05, 0) is 17.7 Å². The molecule has 0 amide bonds. The van der Waals surface area contributed by atoms with Crippen molar-refractivity contribution in [1.82, 2.24) is 0 Å². The largest absolute Gasteiger partial charge is 0.519 e. The van der Waals surface area contributed by atoms with Crippen molar-refractivity contribution in [3.63, 3.8) is 0 Å². The molecule has 1 atom stereocenters. The Hall–Kier alpha value is -2.50. The minimum Gasteiger partial charge on any atom is -0.296 e. The molecule has 2 aromatic rings. The third-order valence-corrected chi connectivity index (χ3v) is 8.49. The summed E-state index contributed by atoms with van der Waals surface area (Å²) in [7, 11) is -18.5. The molecule has 32 heavy (non-hydrogen) atoms. The molecule has 0 radical (unpaired) electrons. The summed E-state index contributed by atoms with van der Waals surface area (Å²) < 4.78 is 164. The maximum Gasteiger partial charge on any atom is 0.519 e. The Morgan fingerprint density at radius 2 is 1.22 bits per heavy atom. The molecule has 2 rings (SSSR count). The Bertz CT molecular complexity index is 1410. The highest BCUT2D eigenvalue weighted by molar-refractivity contribution is 8.01. The number of halogens is 7. The van der Waals surface area contributed by atoms with Crippen LogP contribution in [0, 0.1) is 23.3 Å². The molecule has 0 heterocycles. The van der Waals surface area contributed by atoms with E-state index in [2.05, 4.69) is 6.58 Å². The lowest BCUT2D eigenvalue weighted by Gasteiger charge is -2.13. The first kappa shape index (κ1) is 25.8. The monoisotopic (exact) mass is 527 g/mol. The Kier molecular flexibility index (Phi) is 6.54. The van der Waals surface area contributed by atoms with Gasteiger partial charge in [0.1, 0.15) is 4.90 Å². The number of sulfone groups is 1.